The first-order chi connectivity index (χ1) is 41.6. The smallest absolute Gasteiger partial charge is 0.224 e. The summed E-state index contributed by atoms with van der Waals surface area (Å²) < 4.78 is 24.6. The number of allylic oxidation sites excluding steroid dienone is 1. The molecule has 0 bridgehead atoms. The molecule has 6 aromatic rings. The number of nitrogens with zero attached hydrogens (tertiary/aromatic N) is 7. The summed E-state index contributed by atoms with van der Waals surface area (Å²) in [6.07, 6.45) is 11.0. The zero-order chi connectivity index (χ0) is 61.3. The van der Waals surface area contributed by atoms with Gasteiger partial charge in [-0.1, -0.05) is 24.3 Å². The van der Waals surface area contributed by atoms with Crippen LogP contribution in [-0.2, 0) is 29.3 Å². The predicted octanol–water partition coefficient (Wildman–Crippen LogP) is 12.5. The van der Waals surface area contributed by atoms with Crippen LogP contribution in [0, 0.1) is 73.5 Å². The van der Waals surface area contributed by atoms with Crippen LogP contribution in [0.1, 0.15) is 126 Å². The van der Waals surface area contributed by atoms with Crippen LogP contribution in [0.25, 0.3) is 6.08 Å². The van der Waals surface area contributed by atoms with E-state index in [2.05, 4.69) is 71.7 Å². The Bertz CT molecular complexity index is 3550. The van der Waals surface area contributed by atoms with Crippen molar-refractivity contribution in [3.05, 3.63) is 153 Å². The highest BCUT2D eigenvalue weighted by molar-refractivity contribution is 5.94. The summed E-state index contributed by atoms with van der Waals surface area (Å²) in [6.45, 7) is 15.7. The van der Waals surface area contributed by atoms with E-state index in [0.29, 0.717) is 98.4 Å². The van der Waals surface area contributed by atoms with Crippen LogP contribution in [0.4, 0.5) is 28.4 Å². The Labute approximate surface area is 506 Å². The van der Waals surface area contributed by atoms with E-state index < -0.39 is 17.9 Å². The van der Waals surface area contributed by atoms with Gasteiger partial charge in [-0.05, 0) is 195 Å². The lowest BCUT2D eigenvalue weighted by atomic mass is 9.85. The second-order valence-electron chi connectivity index (χ2n) is 22.3. The summed E-state index contributed by atoms with van der Waals surface area (Å²) in [7, 11) is 6.00. The molecule has 4 atom stereocenters. The Kier molecular flexibility index (Phi) is 22.0. The maximum atomic E-state index is 13.7. The lowest BCUT2D eigenvalue weighted by Crippen LogP contribution is -2.32. The number of hydrogen-bond donors (Lipinski definition) is 5. The average Bonchev–Trinajstić information content (AvgIpc) is 1.35. The van der Waals surface area contributed by atoms with Crippen molar-refractivity contribution in [2.24, 2.45) is 11.8 Å². The van der Waals surface area contributed by atoms with Crippen LogP contribution in [0.5, 0.6) is 23.0 Å². The third-order valence-electron chi connectivity index (χ3n) is 15.7. The van der Waals surface area contributed by atoms with Gasteiger partial charge in [-0.2, -0.15) is 15.8 Å². The van der Waals surface area contributed by atoms with Gasteiger partial charge in [0.15, 0.2) is 0 Å². The number of benzene rings is 4. The van der Waals surface area contributed by atoms with E-state index >= 15 is 0 Å². The number of amides is 2. The van der Waals surface area contributed by atoms with Crippen LogP contribution >= 0.6 is 0 Å². The summed E-state index contributed by atoms with van der Waals surface area (Å²) in [4.78, 5) is 40.3. The number of hydrogen-bond acceptors (Lipinski definition) is 16. The Morgan fingerprint density at radius 3 is 2.02 bits per heavy atom. The Morgan fingerprint density at radius 2 is 1.35 bits per heavy atom. The summed E-state index contributed by atoms with van der Waals surface area (Å²) in [5.41, 5.74) is 13.0. The third-order valence-corrected chi connectivity index (χ3v) is 15.7. The molecule has 0 saturated heterocycles. The standard InChI is InChI=1S/C68H80N12O6/c1-10-83-63-31-48-18-12-13-19-49(35-69)67(75-52-22-24-62(50(30-52)36-70)86-41-59-43(3)17-14-26-72-59)53(48)32-57(63)76-66(82)21-16-28-80(9)40-47-29-44(4)60(73-38-47)42-85-61-25-23-55(45(5)46(61)6)78-68-51(37-71)39-74-56-34-64(84-11-2)58(33-54(56)68)77-65(81)20-15-27-79(7)8/h12,14,17-18,22-26,29-34,38,49,51,67-68,74-75,78H,10-11,13,15-16,19-21,27-28,39-42H2,1-9H3,(H,76,82)(H,77,81)/b18-12+. The second kappa shape index (κ2) is 30.1. The number of aryl methyl sites for hydroxylation is 2. The number of aromatic nitrogens is 2. The van der Waals surface area contributed by atoms with Gasteiger partial charge in [-0.15, -0.1) is 0 Å². The molecular weight excluding hydrogens is 1080 g/mol. The van der Waals surface area contributed by atoms with Gasteiger partial charge < -0.3 is 55.3 Å². The first-order valence-corrected chi connectivity index (χ1v) is 29.6. The number of pyridine rings is 2. The summed E-state index contributed by atoms with van der Waals surface area (Å²) in [5, 5.41) is 47.9. The third kappa shape index (κ3) is 16.2. The molecule has 1 aliphatic heterocycles. The minimum atomic E-state index is -0.479. The topological polar surface area (TPSA) is 235 Å². The van der Waals surface area contributed by atoms with Gasteiger partial charge in [0.05, 0.1) is 77.6 Å². The quantitative estimate of drug-likeness (QED) is 0.0340. The van der Waals surface area contributed by atoms with Crippen molar-refractivity contribution in [3.8, 4) is 41.2 Å². The highest BCUT2D eigenvalue weighted by atomic mass is 16.5. The maximum Gasteiger partial charge on any atom is 0.224 e. The maximum absolute atomic E-state index is 13.7. The van der Waals surface area contributed by atoms with Crippen LogP contribution < -0.4 is 45.5 Å². The molecule has 5 N–H and O–H groups in total. The van der Waals surface area contributed by atoms with Gasteiger partial charge >= 0.3 is 0 Å². The van der Waals surface area contributed by atoms with Crippen molar-refractivity contribution >= 4 is 46.3 Å². The predicted molar refractivity (Wildman–Crippen MR) is 337 cm³/mol. The number of carbonyl (C=O) groups is 2. The molecule has 0 spiro atoms. The molecule has 2 aromatic heterocycles. The van der Waals surface area contributed by atoms with E-state index in [4.69, 9.17) is 23.9 Å². The highest BCUT2D eigenvalue weighted by Gasteiger charge is 2.33. The van der Waals surface area contributed by atoms with Gasteiger partial charge in [0, 0.05) is 67.0 Å². The zero-order valence-corrected chi connectivity index (χ0v) is 51.0. The second-order valence-corrected chi connectivity index (χ2v) is 22.3. The first-order valence-electron chi connectivity index (χ1n) is 29.6. The molecule has 4 aromatic carbocycles. The number of fused-ring (bicyclic) bond motifs is 2. The molecule has 4 unspecified atom stereocenters. The van der Waals surface area contributed by atoms with Crippen LogP contribution in [-0.4, -0.2) is 85.6 Å². The molecular formula is C68H80N12O6. The van der Waals surface area contributed by atoms with Crippen molar-refractivity contribution in [1.29, 1.82) is 15.8 Å². The molecule has 1 aliphatic carbocycles. The fraction of sp³-hybridized carbons (Fsp3) is 0.397. The largest absolute Gasteiger partial charge is 0.492 e. The van der Waals surface area contributed by atoms with E-state index in [1.165, 1.54) is 0 Å². The normalized spacial score (nSPS) is 16.3. The number of rotatable bonds is 26. The monoisotopic (exact) mass is 1160 g/mol. The van der Waals surface area contributed by atoms with Crippen molar-refractivity contribution in [3.63, 3.8) is 0 Å². The molecule has 2 aliphatic rings. The Morgan fingerprint density at radius 1 is 0.686 bits per heavy atom. The average molecular weight is 1160 g/mol. The Balaban J connectivity index is 0.864. The fourth-order valence-electron chi connectivity index (χ4n) is 10.8. The van der Waals surface area contributed by atoms with E-state index in [1.54, 1.807) is 18.3 Å². The van der Waals surface area contributed by atoms with Gasteiger partial charge in [0.2, 0.25) is 11.8 Å². The molecule has 18 heteroatoms. The van der Waals surface area contributed by atoms with Crippen molar-refractivity contribution < 1.29 is 28.5 Å². The van der Waals surface area contributed by atoms with Gasteiger partial charge in [-0.25, -0.2) is 0 Å². The molecule has 18 nitrogen and oxygen atoms in total. The van der Waals surface area contributed by atoms with E-state index in [-0.39, 0.29) is 37.5 Å². The first kappa shape index (κ1) is 62.9. The van der Waals surface area contributed by atoms with E-state index in [1.807, 2.05) is 130 Å². The number of nitriles is 3. The molecule has 0 radical (unpaired) electrons. The summed E-state index contributed by atoms with van der Waals surface area (Å²) in [5.74, 6) is 1.20. The van der Waals surface area contributed by atoms with Crippen LogP contribution in [0.15, 0.2) is 91.3 Å². The molecule has 0 fully saturated rings. The lowest BCUT2D eigenvalue weighted by molar-refractivity contribution is -0.117. The number of nitrogens with one attached hydrogen (secondary N) is 5. The van der Waals surface area contributed by atoms with Gasteiger partial charge in [0.1, 0.15) is 42.3 Å². The SMILES string of the molecule is CCOc1cc2c(cc1NC(=O)CCCN(C)C)C(Nc1ccc(OCc3ncc(CN(C)CCCC(=O)Nc4cc5c(cc4OCC)/C=C/CCC(C#N)C5Nc4ccc(OCc5ncccc5C)c(C#N)c4)cc3C)c(C)c1C)C(C#N)CN2. The molecule has 86 heavy (non-hydrogen) atoms. The molecule has 2 amide bonds. The lowest BCUT2D eigenvalue weighted by Gasteiger charge is -2.33. The van der Waals surface area contributed by atoms with Gasteiger partial charge in [0.25, 0.3) is 0 Å². The minimum Gasteiger partial charge on any atom is -0.492 e. The van der Waals surface area contributed by atoms with E-state index in [9.17, 15) is 25.4 Å². The van der Waals surface area contributed by atoms with Crippen molar-refractivity contribution in [1.82, 2.24) is 19.8 Å². The fourth-order valence-corrected chi connectivity index (χ4v) is 10.8. The zero-order valence-electron chi connectivity index (χ0n) is 51.0. The Hall–Kier alpha value is -9.15. The summed E-state index contributed by atoms with van der Waals surface area (Å²) in [6, 6.07) is 29.4. The number of carbonyl (C=O) groups excluding carboxylic acids is 2. The molecule has 0 saturated carbocycles. The number of ether oxygens (including phenoxy) is 4. The number of anilines is 5. The minimum absolute atomic E-state index is 0.0922. The molecule has 3 heterocycles. The van der Waals surface area contributed by atoms with Crippen LogP contribution in [0.2, 0.25) is 0 Å². The summed E-state index contributed by atoms with van der Waals surface area (Å²) >= 11 is 0. The van der Waals surface area contributed by atoms with Crippen LogP contribution in [0.3, 0.4) is 0 Å². The van der Waals surface area contributed by atoms with Crippen molar-refractivity contribution in [2.75, 3.05) is 80.6 Å². The van der Waals surface area contributed by atoms with Gasteiger partial charge in [-0.3, -0.25) is 19.6 Å². The highest BCUT2D eigenvalue weighted by Crippen LogP contribution is 2.44. The van der Waals surface area contributed by atoms with E-state index in [0.717, 1.165) is 86.0 Å². The molecule has 448 valence electrons. The molecule has 8 rings (SSSR count). The van der Waals surface area contributed by atoms with Crippen molar-refractivity contribution in [2.45, 2.75) is 112 Å².